The number of aryl methyl sites for hydroxylation is 1. The van der Waals surface area contributed by atoms with E-state index in [0.717, 1.165) is 6.42 Å². The maximum atomic E-state index is 13.2. The molecule has 140 valence electrons. The molecule has 4 heterocycles. The first kappa shape index (κ1) is 16.4. The van der Waals surface area contributed by atoms with Crippen LogP contribution in [0, 0.1) is 0 Å². The standard InChI is InChI=1S/C19H20N4O4/c1-21-11-20-14-9-12(3-4-13(14)18(21)26)17(25)22-7-5-19-15(22)10-16(24)23(19)6-2-8-27-19/h3-4,9,11,15H,2,5-8,10H2,1H3/t15-,19+/m1/s1. The van der Waals surface area contributed by atoms with E-state index < -0.39 is 5.72 Å². The molecule has 3 fully saturated rings. The summed E-state index contributed by atoms with van der Waals surface area (Å²) in [6, 6.07) is 4.70. The average Bonchev–Trinajstić information content (AvgIpc) is 3.16. The van der Waals surface area contributed by atoms with Gasteiger partial charge in [-0.05, 0) is 24.6 Å². The van der Waals surface area contributed by atoms with E-state index in [-0.39, 0.29) is 23.4 Å². The zero-order chi connectivity index (χ0) is 18.8. The Balaban J connectivity index is 1.50. The van der Waals surface area contributed by atoms with Crippen LogP contribution in [0.15, 0.2) is 29.3 Å². The molecule has 2 amide bonds. The summed E-state index contributed by atoms with van der Waals surface area (Å²) in [5.74, 6) is -0.0917. The van der Waals surface area contributed by atoms with E-state index >= 15 is 0 Å². The summed E-state index contributed by atoms with van der Waals surface area (Å²) in [6.07, 6.45) is 3.23. The highest BCUT2D eigenvalue weighted by Gasteiger charge is 2.61. The van der Waals surface area contributed by atoms with Crippen molar-refractivity contribution in [3.05, 3.63) is 40.4 Å². The first-order chi connectivity index (χ1) is 13.0. The quantitative estimate of drug-likeness (QED) is 0.732. The number of likely N-dealkylation sites (tertiary alicyclic amines) is 1. The fourth-order valence-corrected chi connectivity index (χ4v) is 4.70. The molecule has 8 heteroatoms. The van der Waals surface area contributed by atoms with Gasteiger partial charge in [-0.1, -0.05) is 0 Å². The van der Waals surface area contributed by atoms with E-state index in [2.05, 4.69) is 4.98 Å². The fraction of sp³-hybridized carbons (Fsp3) is 0.474. The first-order valence-corrected chi connectivity index (χ1v) is 9.22. The summed E-state index contributed by atoms with van der Waals surface area (Å²) in [7, 11) is 1.64. The van der Waals surface area contributed by atoms with Crippen LogP contribution in [-0.4, -0.2) is 62.6 Å². The lowest BCUT2D eigenvalue weighted by atomic mass is 10.0. The zero-order valence-electron chi connectivity index (χ0n) is 15.1. The number of aromatic nitrogens is 2. The molecule has 0 N–H and O–H groups in total. The average molecular weight is 368 g/mol. The molecular formula is C19H20N4O4. The van der Waals surface area contributed by atoms with Gasteiger partial charge in [0, 0.05) is 32.1 Å². The lowest BCUT2D eigenvalue weighted by Crippen LogP contribution is -2.56. The molecule has 0 unspecified atom stereocenters. The molecule has 2 aromatic rings. The molecule has 3 aliphatic rings. The summed E-state index contributed by atoms with van der Waals surface area (Å²) in [4.78, 5) is 45.6. The predicted molar refractivity (Wildman–Crippen MR) is 96.1 cm³/mol. The maximum Gasteiger partial charge on any atom is 0.260 e. The molecule has 3 saturated heterocycles. The third-order valence-electron chi connectivity index (χ3n) is 6.04. The molecule has 0 radical (unpaired) electrons. The summed E-state index contributed by atoms with van der Waals surface area (Å²) < 4.78 is 7.46. The Bertz CT molecular complexity index is 1030. The minimum Gasteiger partial charge on any atom is -0.353 e. The van der Waals surface area contributed by atoms with Crippen molar-refractivity contribution in [3.63, 3.8) is 0 Å². The van der Waals surface area contributed by atoms with Crippen molar-refractivity contribution in [1.82, 2.24) is 19.4 Å². The molecule has 27 heavy (non-hydrogen) atoms. The van der Waals surface area contributed by atoms with E-state index in [0.29, 0.717) is 49.0 Å². The Morgan fingerprint density at radius 3 is 3.00 bits per heavy atom. The van der Waals surface area contributed by atoms with Crippen molar-refractivity contribution >= 4 is 22.7 Å². The lowest BCUT2D eigenvalue weighted by Gasteiger charge is -2.42. The second-order valence-corrected chi connectivity index (χ2v) is 7.45. The Morgan fingerprint density at radius 1 is 1.30 bits per heavy atom. The van der Waals surface area contributed by atoms with E-state index in [1.807, 2.05) is 4.90 Å². The highest BCUT2D eigenvalue weighted by molar-refractivity contribution is 5.98. The molecule has 3 aliphatic heterocycles. The normalized spacial score (nSPS) is 27.1. The van der Waals surface area contributed by atoms with Crippen LogP contribution in [0.25, 0.3) is 10.9 Å². The van der Waals surface area contributed by atoms with Gasteiger partial charge < -0.3 is 19.1 Å². The number of hydrogen-bond donors (Lipinski definition) is 0. The van der Waals surface area contributed by atoms with Crippen molar-refractivity contribution in [2.45, 2.75) is 31.0 Å². The maximum absolute atomic E-state index is 13.2. The molecule has 1 aromatic heterocycles. The molecule has 8 nitrogen and oxygen atoms in total. The van der Waals surface area contributed by atoms with Crippen LogP contribution in [0.1, 0.15) is 29.6 Å². The molecule has 0 bridgehead atoms. The molecule has 1 spiro atoms. The summed E-state index contributed by atoms with van der Waals surface area (Å²) >= 11 is 0. The van der Waals surface area contributed by atoms with Gasteiger partial charge in [-0.25, -0.2) is 4.98 Å². The Labute approximate surface area is 155 Å². The first-order valence-electron chi connectivity index (χ1n) is 9.22. The third-order valence-corrected chi connectivity index (χ3v) is 6.04. The van der Waals surface area contributed by atoms with Gasteiger partial charge in [0.15, 0.2) is 5.72 Å². The highest BCUT2D eigenvalue weighted by atomic mass is 16.5. The molecule has 0 aliphatic carbocycles. The van der Waals surface area contributed by atoms with Gasteiger partial charge in [0.05, 0.1) is 36.3 Å². The monoisotopic (exact) mass is 368 g/mol. The van der Waals surface area contributed by atoms with Crippen molar-refractivity contribution in [2.24, 2.45) is 7.05 Å². The largest absolute Gasteiger partial charge is 0.353 e. The van der Waals surface area contributed by atoms with Gasteiger partial charge in [-0.2, -0.15) is 0 Å². The summed E-state index contributed by atoms with van der Waals surface area (Å²) in [6.45, 7) is 1.86. The van der Waals surface area contributed by atoms with Gasteiger partial charge in [0.2, 0.25) is 5.91 Å². The number of benzene rings is 1. The number of ether oxygens (including phenoxy) is 1. The Kier molecular flexibility index (Phi) is 3.42. The molecule has 5 rings (SSSR count). The number of carbonyl (C=O) groups is 2. The van der Waals surface area contributed by atoms with Gasteiger partial charge >= 0.3 is 0 Å². The Morgan fingerprint density at radius 2 is 2.15 bits per heavy atom. The number of hydrogen-bond acceptors (Lipinski definition) is 5. The summed E-state index contributed by atoms with van der Waals surface area (Å²) in [5, 5.41) is 0.479. The lowest BCUT2D eigenvalue weighted by molar-refractivity contribution is -0.179. The van der Waals surface area contributed by atoms with Crippen LogP contribution in [0.4, 0.5) is 0 Å². The number of rotatable bonds is 1. The molecular weight excluding hydrogens is 348 g/mol. The van der Waals surface area contributed by atoms with Crippen LogP contribution in [0.5, 0.6) is 0 Å². The van der Waals surface area contributed by atoms with E-state index in [9.17, 15) is 14.4 Å². The van der Waals surface area contributed by atoms with Gasteiger partial charge in [0.25, 0.3) is 11.5 Å². The van der Waals surface area contributed by atoms with Crippen LogP contribution < -0.4 is 5.56 Å². The third kappa shape index (κ3) is 2.19. The van der Waals surface area contributed by atoms with Crippen molar-refractivity contribution in [2.75, 3.05) is 19.7 Å². The Hall–Kier alpha value is -2.74. The minimum atomic E-state index is -0.657. The topological polar surface area (TPSA) is 84.7 Å². The zero-order valence-corrected chi connectivity index (χ0v) is 15.1. The van der Waals surface area contributed by atoms with E-state index in [1.54, 1.807) is 30.1 Å². The van der Waals surface area contributed by atoms with E-state index in [4.69, 9.17) is 4.74 Å². The van der Waals surface area contributed by atoms with Crippen LogP contribution in [0.2, 0.25) is 0 Å². The highest BCUT2D eigenvalue weighted by Crippen LogP contribution is 2.45. The van der Waals surface area contributed by atoms with Crippen molar-refractivity contribution in [1.29, 1.82) is 0 Å². The van der Waals surface area contributed by atoms with Gasteiger partial charge in [0.1, 0.15) is 0 Å². The van der Waals surface area contributed by atoms with Gasteiger partial charge in [-0.15, -0.1) is 0 Å². The van der Waals surface area contributed by atoms with Crippen LogP contribution in [-0.2, 0) is 16.6 Å². The second kappa shape index (κ2) is 5.63. The fourth-order valence-electron chi connectivity index (χ4n) is 4.70. The number of amides is 2. The molecule has 2 atom stereocenters. The van der Waals surface area contributed by atoms with Crippen molar-refractivity contribution in [3.8, 4) is 0 Å². The van der Waals surface area contributed by atoms with E-state index in [1.165, 1.54) is 10.9 Å². The molecule has 0 saturated carbocycles. The van der Waals surface area contributed by atoms with Gasteiger partial charge in [-0.3, -0.25) is 14.4 Å². The number of nitrogens with zero attached hydrogens (tertiary/aromatic N) is 4. The second-order valence-electron chi connectivity index (χ2n) is 7.45. The summed E-state index contributed by atoms with van der Waals surface area (Å²) in [5.41, 5.74) is 0.167. The van der Waals surface area contributed by atoms with Crippen molar-refractivity contribution < 1.29 is 14.3 Å². The smallest absolute Gasteiger partial charge is 0.260 e. The molecule has 1 aromatic carbocycles. The van der Waals surface area contributed by atoms with Crippen LogP contribution >= 0.6 is 0 Å². The number of carbonyl (C=O) groups excluding carboxylic acids is 2. The van der Waals surface area contributed by atoms with Crippen LogP contribution in [0.3, 0.4) is 0 Å². The predicted octanol–water partition coefficient (Wildman–Crippen LogP) is 0.497. The number of fused-ring (bicyclic) bond motifs is 1. The SMILES string of the molecule is Cn1cnc2cc(C(=O)N3CC[C@@]45OCCCN4C(=O)C[C@@H]35)ccc2c1=O. The minimum absolute atomic E-state index is 0.0564.